The van der Waals surface area contributed by atoms with Gasteiger partial charge in [-0.25, -0.2) is 21.2 Å². The minimum Gasteiger partial charge on any atom is -0.496 e. The highest BCUT2D eigenvalue weighted by Crippen LogP contribution is 2.31. The SMILES string of the molecule is COc1c(C)cc(S(=O)(=O)N2CCC(S(=O)(=O)c3ccc(F)cc3)CC2)cc1C. The molecule has 1 aliphatic rings. The maximum absolute atomic E-state index is 13.1. The highest BCUT2D eigenvalue weighted by Gasteiger charge is 2.36. The van der Waals surface area contributed by atoms with Gasteiger partial charge in [0.1, 0.15) is 11.6 Å². The fourth-order valence-electron chi connectivity index (χ4n) is 3.73. The van der Waals surface area contributed by atoms with Crippen molar-refractivity contribution in [1.29, 1.82) is 0 Å². The van der Waals surface area contributed by atoms with Crippen LogP contribution >= 0.6 is 0 Å². The second-order valence-electron chi connectivity index (χ2n) is 7.19. The van der Waals surface area contributed by atoms with Crippen molar-refractivity contribution in [3.63, 3.8) is 0 Å². The predicted molar refractivity (Wildman–Crippen MR) is 108 cm³/mol. The molecule has 158 valence electrons. The summed E-state index contributed by atoms with van der Waals surface area (Å²) in [4.78, 5) is 0.231. The molecule has 0 radical (unpaired) electrons. The summed E-state index contributed by atoms with van der Waals surface area (Å²) in [6.07, 6.45) is 0.375. The van der Waals surface area contributed by atoms with Crippen LogP contribution in [0.25, 0.3) is 0 Å². The molecule has 0 atom stereocenters. The largest absolute Gasteiger partial charge is 0.496 e. The van der Waals surface area contributed by atoms with Crippen molar-refractivity contribution in [2.45, 2.75) is 41.7 Å². The van der Waals surface area contributed by atoms with Crippen molar-refractivity contribution in [1.82, 2.24) is 4.31 Å². The average molecular weight is 442 g/mol. The Morgan fingerprint density at radius 3 is 1.93 bits per heavy atom. The standard InChI is InChI=1S/C20H24FNO5S2/c1-14-12-19(13-15(2)20(14)27-3)29(25,26)22-10-8-18(9-11-22)28(23,24)17-6-4-16(21)5-7-17/h4-7,12-13,18H,8-11H2,1-3H3. The summed E-state index contributed by atoms with van der Waals surface area (Å²) < 4.78 is 71.4. The number of methoxy groups -OCH3 is 1. The first-order valence-electron chi connectivity index (χ1n) is 9.22. The minimum absolute atomic E-state index is 0.0570. The number of aryl methyl sites for hydroxylation is 2. The molecule has 1 aliphatic heterocycles. The van der Waals surface area contributed by atoms with Gasteiger partial charge >= 0.3 is 0 Å². The molecule has 2 aromatic rings. The van der Waals surface area contributed by atoms with Gasteiger partial charge in [-0.2, -0.15) is 4.31 Å². The van der Waals surface area contributed by atoms with Crippen LogP contribution in [-0.4, -0.2) is 46.6 Å². The number of nitrogens with zero attached hydrogens (tertiary/aromatic N) is 1. The van der Waals surface area contributed by atoms with Crippen LogP contribution < -0.4 is 4.74 Å². The van der Waals surface area contributed by atoms with Crippen LogP contribution in [0.1, 0.15) is 24.0 Å². The van der Waals surface area contributed by atoms with E-state index in [0.717, 1.165) is 23.3 Å². The molecule has 0 N–H and O–H groups in total. The molecule has 29 heavy (non-hydrogen) atoms. The number of benzene rings is 2. The van der Waals surface area contributed by atoms with Gasteiger partial charge in [0.2, 0.25) is 10.0 Å². The Labute approximate surface area is 171 Å². The Bertz CT molecular complexity index is 1080. The molecule has 0 aliphatic carbocycles. The number of piperidine rings is 1. The van der Waals surface area contributed by atoms with E-state index in [1.807, 2.05) is 0 Å². The zero-order valence-corrected chi connectivity index (χ0v) is 18.2. The minimum atomic E-state index is -3.74. The molecule has 3 rings (SSSR count). The van der Waals surface area contributed by atoms with Gasteiger partial charge in [-0.05, 0) is 74.2 Å². The van der Waals surface area contributed by atoms with E-state index in [2.05, 4.69) is 0 Å². The normalized spacial score (nSPS) is 16.7. The Balaban J connectivity index is 1.79. The summed E-state index contributed by atoms with van der Waals surface area (Å²) in [5.41, 5.74) is 1.44. The number of halogens is 1. The van der Waals surface area contributed by atoms with E-state index in [-0.39, 0.29) is 35.7 Å². The van der Waals surface area contributed by atoms with Crippen LogP contribution in [0.15, 0.2) is 46.2 Å². The molecule has 1 fully saturated rings. The van der Waals surface area contributed by atoms with Crippen molar-refractivity contribution in [3.05, 3.63) is 53.3 Å². The highest BCUT2D eigenvalue weighted by atomic mass is 32.2. The van der Waals surface area contributed by atoms with Crippen molar-refractivity contribution >= 4 is 19.9 Å². The molecule has 0 aromatic heterocycles. The van der Waals surface area contributed by atoms with Gasteiger partial charge in [-0.3, -0.25) is 0 Å². The molecule has 1 saturated heterocycles. The van der Waals surface area contributed by atoms with E-state index in [0.29, 0.717) is 5.75 Å². The molecule has 6 nitrogen and oxygen atoms in total. The molecule has 0 spiro atoms. The maximum Gasteiger partial charge on any atom is 0.243 e. The van der Waals surface area contributed by atoms with Crippen LogP contribution in [0.5, 0.6) is 5.75 Å². The zero-order valence-electron chi connectivity index (χ0n) is 16.6. The summed E-state index contributed by atoms with van der Waals surface area (Å²) >= 11 is 0. The van der Waals surface area contributed by atoms with Crippen molar-refractivity contribution < 1.29 is 26.0 Å². The summed E-state index contributed by atoms with van der Waals surface area (Å²) in [6.45, 7) is 3.79. The summed E-state index contributed by atoms with van der Waals surface area (Å²) in [6, 6.07) is 7.86. The first-order valence-corrected chi connectivity index (χ1v) is 12.2. The van der Waals surface area contributed by atoms with E-state index in [1.54, 1.807) is 26.0 Å². The van der Waals surface area contributed by atoms with E-state index < -0.39 is 30.9 Å². The molecule has 0 bridgehead atoms. The number of hydrogen-bond donors (Lipinski definition) is 0. The van der Waals surface area contributed by atoms with Gasteiger partial charge in [0.25, 0.3) is 0 Å². The van der Waals surface area contributed by atoms with Gasteiger partial charge in [0, 0.05) is 13.1 Å². The van der Waals surface area contributed by atoms with Crippen LogP contribution in [-0.2, 0) is 19.9 Å². The molecule has 0 amide bonds. The molecule has 2 aromatic carbocycles. The van der Waals surface area contributed by atoms with E-state index in [9.17, 15) is 21.2 Å². The third-order valence-corrected chi connectivity index (χ3v) is 9.41. The second kappa shape index (κ2) is 8.04. The fraction of sp³-hybridized carbons (Fsp3) is 0.400. The lowest BCUT2D eigenvalue weighted by molar-refractivity contribution is 0.345. The Morgan fingerprint density at radius 1 is 0.931 bits per heavy atom. The Hall–Kier alpha value is -1.97. The molecular formula is C20H24FNO5S2. The third-order valence-electron chi connectivity index (χ3n) is 5.26. The maximum atomic E-state index is 13.1. The first kappa shape index (κ1) is 21.7. The van der Waals surface area contributed by atoms with Crippen molar-refractivity contribution in [3.8, 4) is 5.75 Å². The topological polar surface area (TPSA) is 80.8 Å². The molecule has 0 saturated carbocycles. The van der Waals surface area contributed by atoms with E-state index in [1.165, 1.54) is 23.5 Å². The predicted octanol–water partition coefficient (Wildman–Crippen LogP) is 3.08. The number of sulfonamides is 1. The average Bonchev–Trinajstić information content (AvgIpc) is 2.68. The van der Waals surface area contributed by atoms with E-state index >= 15 is 0 Å². The van der Waals surface area contributed by atoms with Crippen LogP contribution in [0.3, 0.4) is 0 Å². The number of ether oxygens (including phenoxy) is 1. The molecular weight excluding hydrogens is 417 g/mol. The van der Waals surface area contributed by atoms with Crippen molar-refractivity contribution in [2.24, 2.45) is 0 Å². The summed E-state index contributed by atoms with van der Waals surface area (Å²) in [5, 5.41) is -0.696. The first-order chi connectivity index (χ1) is 13.6. The van der Waals surface area contributed by atoms with Gasteiger partial charge in [-0.15, -0.1) is 0 Å². The smallest absolute Gasteiger partial charge is 0.243 e. The highest BCUT2D eigenvalue weighted by molar-refractivity contribution is 7.92. The Morgan fingerprint density at radius 2 is 1.45 bits per heavy atom. The molecule has 0 unspecified atom stereocenters. The number of sulfone groups is 1. The Kier molecular flexibility index (Phi) is 6.03. The summed E-state index contributed by atoms with van der Waals surface area (Å²) in [7, 11) is -5.84. The molecule has 9 heteroatoms. The molecule has 1 heterocycles. The fourth-order valence-corrected chi connectivity index (χ4v) is 7.10. The van der Waals surface area contributed by atoms with Gasteiger partial charge in [0.15, 0.2) is 9.84 Å². The lowest BCUT2D eigenvalue weighted by atomic mass is 10.1. The zero-order chi connectivity index (χ0) is 21.4. The third kappa shape index (κ3) is 4.17. The van der Waals surface area contributed by atoms with Gasteiger partial charge < -0.3 is 4.74 Å². The number of hydrogen-bond acceptors (Lipinski definition) is 5. The lowest BCUT2D eigenvalue weighted by Gasteiger charge is -2.31. The number of rotatable bonds is 5. The monoisotopic (exact) mass is 441 g/mol. The second-order valence-corrected chi connectivity index (χ2v) is 11.4. The van der Waals surface area contributed by atoms with Gasteiger partial charge in [0.05, 0.1) is 22.2 Å². The van der Waals surface area contributed by atoms with Gasteiger partial charge in [-0.1, -0.05) is 0 Å². The summed E-state index contributed by atoms with van der Waals surface area (Å²) in [5.74, 6) is 0.142. The van der Waals surface area contributed by atoms with Crippen LogP contribution in [0.4, 0.5) is 4.39 Å². The van der Waals surface area contributed by atoms with E-state index in [4.69, 9.17) is 4.74 Å². The van der Waals surface area contributed by atoms with Crippen LogP contribution in [0, 0.1) is 19.7 Å². The van der Waals surface area contributed by atoms with Crippen molar-refractivity contribution in [2.75, 3.05) is 20.2 Å². The quantitative estimate of drug-likeness (QED) is 0.666. The lowest BCUT2D eigenvalue weighted by Crippen LogP contribution is -2.42. The van der Waals surface area contributed by atoms with Crippen LogP contribution in [0.2, 0.25) is 0 Å².